The fourth-order valence-corrected chi connectivity index (χ4v) is 2.22. The fraction of sp³-hybridized carbons (Fsp3) is 0.273. The average molecular weight is 255 g/mol. The van der Waals surface area contributed by atoms with E-state index in [4.69, 9.17) is 0 Å². The van der Waals surface area contributed by atoms with Crippen molar-refractivity contribution in [1.29, 1.82) is 0 Å². The van der Waals surface area contributed by atoms with Gasteiger partial charge in [-0.15, -0.1) is 10.2 Å². The molecule has 0 aliphatic carbocycles. The first kappa shape index (κ1) is 12.1. The summed E-state index contributed by atoms with van der Waals surface area (Å²) >= 11 is 1.32. The lowest BCUT2D eigenvalue weighted by atomic mass is 10.2. The van der Waals surface area contributed by atoms with Crippen LogP contribution < -0.4 is 5.32 Å². The Morgan fingerprint density at radius 3 is 2.82 bits per heavy atom. The molecule has 0 spiro atoms. The number of nitrogens with one attached hydrogen (secondary N) is 1. The van der Waals surface area contributed by atoms with Gasteiger partial charge in [0.05, 0.1) is 0 Å². The van der Waals surface area contributed by atoms with Crippen LogP contribution in [0.3, 0.4) is 0 Å². The molecule has 2 aromatic rings. The third-order valence-electron chi connectivity index (χ3n) is 2.22. The molecule has 0 aliphatic rings. The second-order valence-corrected chi connectivity index (χ2v) is 4.54. The van der Waals surface area contributed by atoms with E-state index in [9.17, 15) is 8.78 Å². The molecule has 1 heterocycles. The van der Waals surface area contributed by atoms with Crippen molar-refractivity contribution < 1.29 is 8.78 Å². The summed E-state index contributed by atoms with van der Waals surface area (Å²) < 4.78 is 26.2. The summed E-state index contributed by atoms with van der Waals surface area (Å²) in [5, 5.41) is 12.2. The molecule has 0 fully saturated rings. The van der Waals surface area contributed by atoms with E-state index in [0.29, 0.717) is 10.6 Å². The molecule has 3 nitrogen and oxygen atoms in total. The number of nitrogens with zero attached hydrogens (tertiary/aromatic N) is 2. The van der Waals surface area contributed by atoms with Crippen molar-refractivity contribution in [3.63, 3.8) is 0 Å². The normalized spacial score (nSPS) is 10.8. The van der Waals surface area contributed by atoms with Gasteiger partial charge in [-0.25, -0.2) is 8.78 Å². The standard InChI is InChI=1S/C11H11F2N3S/c1-14-5-4-10-15-16-11(17-10)8-3-2-7(12)6-9(8)13/h2-3,6,14H,4-5H2,1H3. The molecule has 0 amide bonds. The van der Waals surface area contributed by atoms with Crippen LogP contribution in [0, 0.1) is 11.6 Å². The van der Waals surface area contributed by atoms with E-state index in [0.717, 1.165) is 24.0 Å². The summed E-state index contributed by atoms with van der Waals surface area (Å²) in [5.41, 5.74) is 0.291. The molecular weight excluding hydrogens is 244 g/mol. The first-order chi connectivity index (χ1) is 8.20. The molecule has 1 N–H and O–H groups in total. The van der Waals surface area contributed by atoms with Crippen LogP contribution in [0.2, 0.25) is 0 Å². The van der Waals surface area contributed by atoms with Gasteiger partial charge >= 0.3 is 0 Å². The quantitative estimate of drug-likeness (QED) is 0.910. The number of hydrogen-bond acceptors (Lipinski definition) is 4. The molecule has 0 unspecified atom stereocenters. The highest BCUT2D eigenvalue weighted by Crippen LogP contribution is 2.26. The summed E-state index contributed by atoms with van der Waals surface area (Å²) in [6, 6.07) is 3.45. The van der Waals surface area contributed by atoms with Crippen molar-refractivity contribution in [2.75, 3.05) is 13.6 Å². The van der Waals surface area contributed by atoms with Gasteiger partial charge in [-0.1, -0.05) is 11.3 Å². The maximum atomic E-state index is 13.5. The van der Waals surface area contributed by atoms with Gasteiger partial charge in [-0.3, -0.25) is 0 Å². The minimum absolute atomic E-state index is 0.291. The van der Waals surface area contributed by atoms with Crippen molar-refractivity contribution in [2.45, 2.75) is 6.42 Å². The van der Waals surface area contributed by atoms with Crippen LogP contribution in [0.5, 0.6) is 0 Å². The van der Waals surface area contributed by atoms with E-state index in [-0.39, 0.29) is 0 Å². The maximum absolute atomic E-state index is 13.5. The number of benzene rings is 1. The van der Waals surface area contributed by atoms with Gasteiger partial charge in [0.1, 0.15) is 16.6 Å². The van der Waals surface area contributed by atoms with Crippen LogP contribution in [0.15, 0.2) is 18.2 Å². The van der Waals surface area contributed by atoms with Gasteiger partial charge in [0.2, 0.25) is 0 Å². The monoisotopic (exact) mass is 255 g/mol. The predicted molar refractivity (Wildman–Crippen MR) is 62.9 cm³/mol. The molecule has 1 aromatic carbocycles. The molecule has 6 heteroatoms. The summed E-state index contributed by atoms with van der Waals surface area (Å²) in [5.74, 6) is -1.20. The van der Waals surface area contributed by atoms with E-state index in [1.54, 1.807) is 0 Å². The van der Waals surface area contributed by atoms with E-state index < -0.39 is 11.6 Å². The van der Waals surface area contributed by atoms with Crippen molar-refractivity contribution in [3.8, 4) is 10.6 Å². The van der Waals surface area contributed by atoms with Crippen LogP contribution in [0.1, 0.15) is 5.01 Å². The zero-order valence-electron chi connectivity index (χ0n) is 9.20. The number of rotatable bonds is 4. The van der Waals surface area contributed by atoms with Crippen LogP contribution in [0.4, 0.5) is 8.78 Å². The van der Waals surface area contributed by atoms with Crippen molar-refractivity contribution in [1.82, 2.24) is 15.5 Å². The van der Waals surface area contributed by atoms with Crippen LogP contribution in [-0.4, -0.2) is 23.8 Å². The van der Waals surface area contributed by atoms with E-state index in [2.05, 4.69) is 15.5 Å². The molecule has 90 valence electrons. The topological polar surface area (TPSA) is 37.8 Å². The molecule has 0 aliphatic heterocycles. The van der Waals surface area contributed by atoms with Gasteiger partial charge in [-0.05, 0) is 19.2 Å². The summed E-state index contributed by atoms with van der Waals surface area (Å²) in [6.45, 7) is 0.792. The zero-order chi connectivity index (χ0) is 12.3. The van der Waals surface area contributed by atoms with Crippen molar-refractivity contribution >= 4 is 11.3 Å². The Labute approximate surface area is 102 Å². The Bertz CT molecular complexity index is 513. The number of halogens is 2. The van der Waals surface area contributed by atoms with Gasteiger partial charge in [0.15, 0.2) is 5.01 Å². The van der Waals surface area contributed by atoms with E-state index in [1.807, 2.05) is 7.05 Å². The molecule has 0 atom stereocenters. The van der Waals surface area contributed by atoms with Crippen LogP contribution >= 0.6 is 11.3 Å². The second kappa shape index (κ2) is 5.29. The van der Waals surface area contributed by atoms with Gasteiger partial charge in [0.25, 0.3) is 0 Å². The minimum atomic E-state index is -0.610. The third kappa shape index (κ3) is 2.83. The van der Waals surface area contributed by atoms with Gasteiger partial charge in [-0.2, -0.15) is 0 Å². The van der Waals surface area contributed by atoms with Crippen molar-refractivity contribution in [2.24, 2.45) is 0 Å². The van der Waals surface area contributed by atoms with E-state index >= 15 is 0 Å². The lowest BCUT2D eigenvalue weighted by Gasteiger charge is -1.97. The number of hydrogen-bond donors (Lipinski definition) is 1. The van der Waals surface area contributed by atoms with Crippen LogP contribution in [0.25, 0.3) is 10.6 Å². The molecule has 1 aromatic heterocycles. The molecule has 2 rings (SSSR count). The minimum Gasteiger partial charge on any atom is -0.319 e. The Morgan fingerprint density at radius 1 is 1.29 bits per heavy atom. The number of aromatic nitrogens is 2. The van der Waals surface area contributed by atoms with Gasteiger partial charge in [0, 0.05) is 24.6 Å². The molecule has 0 saturated carbocycles. The summed E-state index contributed by atoms with van der Waals surface area (Å²) in [6.07, 6.45) is 0.747. The molecule has 0 bridgehead atoms. The molecule has 17 heavy (non-hydrogen) atoms. The average Bonchev–Trinajstić information content (AvgIpc) is 2.75. The van der Waals surface area contributed by atoms with Crippen molar-refractivity contribution in [3.05, 3.63) is 34.8 Å². The van der Waals surface area contributed by atoms with E-state index in [1.165, 1.54) is 23.5 Å². The Morgan fingerprint density at radius 2 is 2.12 bits per heavy atom. The lowest BCUT2D eigenvalue weighted by molar-refractivity contribution is 0.585. The molecule has 0 saturated heterocycles. The van der Waals surface area contributed by atoms with Gasteiger partial charge < -0.3 is 5.32 Å². The summed E-state index contributed by atoms with van der Waals surface area (Å²) in [7, 11) is 1.85. The van der Waals surface area contributed by atoms with Crippen LogP contribution in [-0.2, 0) is 6.42 Å². The fourth-order valence-electron chi connectivity index (χ4n) is 1.36. The Kier molecular flexibility index (Phi) is 3.75. The molecular formula is C11H11F2N3S. The first-order valence-corrected chi connectivity index (χ1v) is 5.95. The SMILES string of the molecule is CNCCc1nnc(-c2ccc(F)cc2F)s1. The highest BCUT2D eigenvalue weighted by atomic mass is 32.1. The predicted octanol–water partition coefficient (Wildman–Crippen LogP) is 2.25. The Balaban J connectivity index is 2.24. The summed E-state index contributed by atoms with van der Waals surface area (Å²) in [4.78, 5) is 0. The molecule has 0 radical (unpaired) electrons. The first-order valence-electron chi connectivity index (χ1n) is 5.13. The third-order valence-corrected chi connectivity index (χ3v) is 3.23. The largest absolute Gasteiger partial charge is 0.319 e. The zero-order valence-corrected chi connectivity index (χ0v) is 10.0. The Hall–Kier alpha value is -1.40. The number of likely N-dealkylation sites (N-methyl/N-ethyl adjacent to an activating group) is 1. The highest BCUT2D eigenvalue weighted by Gasteiger charge is 2.11. The highest BCUT2D eigenvalue weighted by molar-refractivity contribution is 7.14. The lowest BCUT2D eigenvalue weighted by Crippen LogP contribution is -2.09. The second-order valence-electron chi connectivity index (χ2n) is 3.48. The maximum Gasteiger partial charge on any atom is 0.150 e. The smallest absolute Gasteiger partial charge is 0.150 e.